The van der Waals surface area contributed by atoms with Gasteiger partial charge in [-0.15, -0.1) is 0 Å². The fourth-order valence-corrected chi connectivity index (χ4v) is 8.00. The molecule has 2 nitrogen and oxygen atoms in total. The van der Waals surface area contributed by atoms with Crippen LogP contribution in [-0.2, 0) is 0 Å². The molecule has 28 heavy (non-hydrogen) atoms. The maximum absolute atomic E-state index is 14.4. The molecule has 0 radical (unpaired) electrons. The third-order valence-corrected chi connectivity index (χ3v) is 9.67. The zero-order valence-electron chi connectivity index (χ0n) is 16.5. The molecule has 4 aliphatic carbocycles. The van der Waals surface area contributed by atoms with Crippen LogP contribution in [0.3, 0.4) is 0 Å². The molecule has 4 saturated carbocycles. The summed E-state index contributed by atoms with van der Waals surface area (Å²) >= 11 is 0. The van der Waals surface area contributed by atoms with E-state index in [0.717, 1.165) is 32.1 Å². The first-order chi connectivity index (χ1) is 12.8. The molecule has 4 fully saturated rings. The molecule has 8 atom stereocenters. The Labute approximate surface area is 162 Å². The lowest BCUT2D eigenvalue weighted by atomic mass is 9.44. The molecule has 0 heterocycles. The highest BCUT2D eigenvalue weighted by Crippen LogP contribution is 2.71. The third kappa shape index (κ3) is 2.44. The smallest absolute Gasteiger partial charge is 0.393 e. The highest BCUT2D eigenvalue weighted by molar-refractivity contribution is 5.19. The summed E-state index contributed by atoms with van der Waals surface area (Å²) in [4.78, 5) is 0. The van der Waals surface area contributed by atoms with Gasteiger partial charge in [0.25, 0.3) is 0 Å². The molecule has 0 spiro atoms. The van der Waals surface area contributed by atoms with Gasteiger partial charge in [-0.3, -0.25) is 0 Å². The Kier molecular flexibility index (Phi) is 4.50. The number of hydrogen-bond donors (Lipinski definition) is 2. The summed E-state index contributed by atoms with van der Waals surface area (Å²) in [6.45, 7) is 3.70. The first-order valence-corrected chi connectivity index (χ1v) is 10.6. The van der Waals surface area contributed by atoms with Crippen molar-refractivity contribution in [2.24, 2.45) is 34.5 Å². The second kappa shape index (κ2) is 6.05. The van der Waals surface area contributed by atoms with E-state index in [9.17, 15) is 32.2 Å². The number of fused-ring (bicyclic) bond motifs is 5. The van der Waals surface area contributed by atoms with Crippen LogP contribution in [0.2, 0.25) is 0 Å². The van der Waals surface area contributed by atoms with E-state index >= 15 is 0 Å². The van der Waals surface area contributed by atoms with E-state index < -0.39 is 29.5 Å². The second-order valence-corrected chi connectivity index (χ2v) is 10.5. The topological polar surface area (TPSA) is 40.5 Å². The Hall–Kier alpha value is -0.430. The standard InChI is InChI=1S/C21H31F5O2/c1-17-8-5-13(27)11-12(17)3-4-14-15(17)6-9-18(2)16(14)7-10-19(18,28)20(22,23)21(24,25)26/h12-16,27-28H,3-11H2,1-2H3/t12-,13-,14+,15-,16-,17-,18-,19-/m0/s1. The van der Waals surface area contributed by atoms with E-state index in [1.165, 1.54) is 6.92 Å². The Morgan fingerprint density at radius 1 is 0.821 bits per heavy atom. The quantitative estimate of drug-likeness (QED) is 0.575. The van der Waals surface area contributed by atoms with Crippen LogP contribution in [0.1, 0.15) is 71.6 Å². The van der Waals surface area contributed by atoms with Gasteiger partial charge in [-0.25, -0.2) is 0 Å². The van der Waals surface area contributed by atoms with Crippen molar-refractivity contribution in [3.63, 3.8) is 0 Å². The third-order valence-electron chi connectivity index (χ3n) is 9.67. The van der Waals surface area contributed by atoms with Gasteiger partial charge in [0.05, 0.1) is 6.10 Å². The molecule has 2 N–H and O–H groups in total. The van der Waals surface area contributed by atoms with E-state index in [2.05, 4.69) is 6.92 Å². The van der Waals surface area contributed by atoms with Crippen LogP contribution in [0.4, 0.5) is 22.0 Å². The summed E-state index contributed by atoms with van der Waals surface area (Å²) < 4.78 is 68.4. The number of halogens is 5. The van der Waals surface area contributed by atoms with Gasteiger partial charge in [-0.2, -0.15) is 22.0 Å². The Morgan fingerprint density at radius 3 is 2.11 bits per heavy atom. The molecule has 4 aliphatic rings. The van der Waals surface area contributed by atoms with Gasteiger partial charge in [-0.1, -0.05) is 13.8 Å². The van der Waals surface area contributed by atoms with Crippen molar-refractivity contribution in [2.45, 2.75) is 95.4 Å². The zero-order valence-corrected chi connectivity index (χ0v) is 16.5. The average molecular weight is 410 g/mol. The van der Waals surface area contributed by atoms with Crippen molar-refractivity contribution < 1.29 is 32.2 Å². The van der Waals surface area contributed by atoms with Gasteiger partial charge in [0.15, 0.2) is 0 Å². The molecule has 0 aromatic carbocycles. The molecule has 0 aromatic heterocycles. The Bertz CT molecular complexity index is 637. The van der Waals surface area contributed by atoms with Gasteiger partial charge < -0.3 is 10.2 Å². The summed E-state index contributed by atoms with van der Waals surface area (Å²) in [5, 5.41) is 20.9. The van der Waals surface area contributed by atoms with E-state index in [0.29, 0.717) is 12.3 Å². The predicted molar refractivity (Wildman–Crippen MR) is 93.7 cm³/mol. The van der Waals surface area contributed by atoms with Crippen LogP contribution < -0.4 is 0 Å². The number of alkyl halides is 5. The van der Waals surface area contributed by atoms with E-state index in [-0.39, 0.29) is 42.1 Å². The summed E-state index contributed by atoms with van der Waals surface area (Å²) in [5.41, 5.74) is -4.45. The van der Waals surface area contributed by atoms with Gasteiger partial charge in [0.2, 0.25) is 0 Å². The second-order valence-electron chi connectivity index (χ2n) is 10.5. The molecular formula is C21H31F5O2. The number of aliphatic hydroxyl groups is 2. The molecule has 0 unspecified atom stereocenters. The SMILES string of the molecule is C[C@]12CC[C@H](O)C[C@@H]1CC[C@@H]1[C@@H]2CC[C@@]2(C)[C@H]1CC[C@@]2(O)C(F)(F)C(F)(F)F. The monoisotopic (exact) mass is 410 g/mol. The lowest BCUT2D eigenvalue weighted by molar-refractivity contribution is -0.364. The normalized spacial score (nSPS) is 52.0. The minimum Gasteiger partial charge on any atom is -0.393 e. The first-order valence-electron chi connectivity index (χ1n) is 10.6. The number of hydrogen-bond acceptors (Lipinski definition) is 2. The maximum atomic E-state index is 14.4. The predicted octanol–water partition coefficient (Wildman–Crippen LogP) is 5.32. The van der Waals surface area contributed by atoms with Crippen LogP contribution in [0, 0.1) is 34.5 Å². The van der Waals surface area contributed by atoms with Crippen LogP contribution >= 0.6 is 0 Å². The first kappa shape index (κ1) is 20.8. The van der Waals surface area contributed by atoms with Crippen molar-refractivity contribution in [3.05, 3.63) is 0 Å². The summed E-state index contributed by atoms with van der Waals surface area (Å²) in [5.74, 6) is -4.67. The molecule has 0 aliphatic heterocycles. The van der Waals surface area contributed by atoms with Gasteiger partial charge >= 0.3 is 12.1 Å². The number of aliphatic hydroxyl groups excluding tert-OH is 1. The number of rotatable bonds is 1. The largest absolute Gasteiger partial charge is 0.456 e. The highest BCUT2D eigenvalue weighted by Gasteiger charge is 2.79. The molecule has 4 rings (SSSR count). The van der Waals surface area contributed by atoms with E-state index in [1.54, 1.807) is 0 Å². The van der Waals surface area contributed by atoms with Crippen molar-refractivity contribution in [3.8, 4) is 0 Å². The summed E-state index contributed by atoms with van der Waals surface area (Å²) in [6.07, 6.45) is -1.47. The molecule has 0 aromatic rings. The minimum absolute atomic E-state index is 0.0106. The van der Waals surface area contributed by atoms with Gasteiger partial charge in [0, 0.05) is 5.41 Å². The molecule has 7 heteroatoms. The average Bonchev–Trinajstić information content (AvgIpc) is 2.87. The van der Waals surface area contributed by atoms with Gasteiger partial charge in [0.1, 0.15) is 5.60 Å². The maximum Gasteiger partial charge on any atom is 0.456 e. The minimum atomic E-state index is -5.75. The molecular weight excluding hydrogens is 379 g/mol. The van der Waals surface area contributed by atoms with Crippen LogP contribution in [0.5, 0.6) is 0 Å². The van der Waals surface area contributed by atoms with E-state index in [4.69, 9.17) is 0 Å². The molecule has 0 amide bonds. The Morgan fingerprint density at radius 2 is 1.46 bits per heavy atom. The lowest BCUT2D eigenvalue weighted by Crippen LogP contribution is -2.66. The highest BCUT2D eigenvalue weighted by atomic mass is 19.4. The molecule has 0 bridgehead atoms. The van der Waals surface area contributed by atoms with Crippen molar-refractivity contribution in [1.82, 2.24) is 0 Å². The van der Waals surface area contributed by atoms with E-state index in [1.807, 2.05) is 0 Å². The van der Waals surface area contributed by atoms with Crippen molar-refractivity contribution in [1.29, 1.82) is 0 Å². The van der Waals surface area contributed by atoms with Crippen LogP contribution in [0.15, 0.2) is 0 Å². The molecule has 0 saturated heterocycles. The van der Waals surface area contributed by atoms with Crippen LogP contribution in [-0.4, -0.2) is 34.0 Å². The zero-order chi connectivity index (χ0) is 20.8. The van der Waals surface area contributed by atoms with Crippen molar-refractivity contribution >= 4 is 0 Å². The summed E-state index contributed by atoms with van der Waals surface area (Å²) in [7, 11) is 0. The Balaban J connectivity index is 1.66. The van der Waals surface area contributed by atoms with Crippen molar-refractivity contribution in [2.75, 3.05) is 0 Å². The lowest BCUT2D eigenvalue weighted by Gasteiger charge is -2.62. The summed E-state index contributed by atoms with van der Waals surface area (Å²) in [6, 6.07) is 0. The fraction of sp³-hybridized carbons (Fsp3) is 1.00. The van der Waals surface area contributed by atoms with Crippen LogP contribution in [0.25, 0.3) is 0 Å². The molecule has 162 valence electrons. The van der Waals surface area contributed by atoms with Gasteiger partial charge in [-0.05, 0) is 86.9 Å². The fourth-order valence-electron chi connectivity index (χ4n) is 8.00.